The van der Waals surface area contributed by atoms with Crippen LogP contribution in [0.15, 0.2) is 4.99 Å². The van der Waals surface area contributed by atoms with Crippen molar-refractivity contribution in [2.75, 3.05) is 39.0 Å². The average molecular weight is 390 g/mol. The van der Waals surface area contributed by atoms with E-state index < -0.39 is 10.0 Å². The van der Waals surface area contributed by atoms with Crippen molar-refractivity contribution in [2.24, 2.45) is 4.99 Å². The van der Waals surface area contributed by atoms with Gasteiger partial charge in [-0.1, -0.05) is 6.92 Å². The van der Waals surface area contributed by atoms with Crippen LogP contribution in [-0.2, 0) is 10.0 Å². The summed E-state index contributed by atoms with van der Waals surface area (Å²) in [5.74, 6) is 1.01. The van der Waals surface area contributed by atoms with Crippen molar-refractivity contribution in [3.8, 4) is 0 Å². The Kier molecular flexibility index (Phi) is 8.87. The highest BCUT2D eigenvalue weighted by molar-refractivity contribution is 14.0. The fourth-order valence-electron chi connectivity index (χ4n) is 1.71. The summed E-state index contributed by atoms with van der Waals surface area (Å²) in [5.41, 5.74) is 0. The van der Waals surface area contributed by atoms with Gasteiger partial charge in [0.2, 0.25) is 10.0 Å². The molecule has 0 atom stereocenters. The molecular weight excluding hydrogens is 367 g/mol. The van der Waals surface area contributed by atoms with Crippen LogP contribution in [0.3, 0.4) is 0 Å². The van der Waals surface area contributed by atoms with Crippen molar-refractivity contribution < 1.29 is 8.42 Å². The van der Waals surface area contributed by atoms with Crippen molar-refractivity contribution in [2.45, 2.75) is 19.8 Å². The van der Waals surface area contributed by atoms with Crippen LogP contribution in [-0.4, -0.2) is 57.7 Å². The number of hydrogen-bond donors (Lipinski definition) is 2. The van der Waals surface area contributed by atoms with Crippen molar-refractivity contribution >= 4 is 40.0 Å². The zero-order chi connectivity index (χ0) is 12.7. The Morgan fingerprint density at radius 1 is 1.33 bits per heavy atom. The van der Waals surface area contributed by atoms with Gasteiger partial charge in [0, 0.05) is 33.2 Å². The number of hydrogen-bond acceptors (Lipinski definition) is 3. The Bertz CT molecular complexity index is 359. The first-order valence-electron chi connectivity index (χ1n) is 6.02. The summed E-state index contributed by atoms with van der Waals surface area (Å²) >= 11 is 0. The Hall–Kier alpha value is -0.0900. The van der Waals surface area contributed by atoms with Gasteiger partial charge in [-0.3, -0.25) is 4.99 Å². The van der Waals surface area contributed by atoms with Crippen LogP contribution in [0.2, 0.25) is 0 Å². The van der Waals surface area contributed by atoms with Crippen LogP contribution in [0.5, 0.6) is 0 Å². The molecule has 1 rings (SSSR count). The highest BCUT2D eigenvalue weighted by Gasteiger charge is 2.27. The molecular formula is C10H23IN4O2S. The minimum Gasteiger partial charge on any atom is -0.356 e. The molecule has 6 nitrogen and oxygen atoms in total. The van der Waals surface area contributed by atoms with Gasteiger partial charge in [0.15, 0.2) is 5.96 Å². The largest absolute Gasteiger partial charge is 0.356 e. The number of nitrogens with zero attached hydrogens (tertiary/aromatic N) is 2. The second-order valence-electron chi connectivity index (χ2n) is 3.99. The zero-order valence-electron chi connectivity index (χ0n) is 11.0. The first kappa shape index (κ1) is 17.9. The molecule has 1 aliphatic rings. The summed E-state index contributed by atoms with van der Waals surface area (Å²) in [7, 11) is -1.27. The summed E-state index contributed by atoms with van der Waals surface area (Å²) in [6.45, 7) is 4.68. The third-order valence-corrected chi connectivity index (χ3v) is 4.58. The fourth-order valence-corrected chi connectivity index (χ4v) is 3.23. The van der Waals surface area contributed by atoms with Gasteiger partial charge in [0.1, 0.15) is 0 Å². The number of guanidine groups is 1. The Balaban J connectivity index is 0.00000289. The van der Waals surface area contributed by atoms with Gasteiger partial charge in [0.25, 0.3) is 0 Å². The SMILES string of the molecule is CCCNC(=NC)NCCN1CCCS1(=O)=O.I. The molecule has 0 aromatic rings. The lowest BCUT2D eigenvalue weighted by atomic mass is 10.4. The number of nitrogens with one attached hydrogen (secondary N) is 2. The van der Waals surface area contributed by atoms with Crippen molar-refractivity contribution in [3.05, 3.63) is 0 Å². The predicted molar refractivity (Wildman–Crippen MR) is 85.0 cm³/mol. The molecule has 108 valence electrons. The van der Waals surface area contributed by atoms with Gasteiger partial charge in [0.05, 0.1) is 5.75 Å². The summed E-state index contributed by atoms with van der Waals surface area (Å²) in [4.78, 5) is 4.05. The maximum absolute atomic E-state index is 11.5. The lowest BCUT2D eigenvalue weighted by molar-refractivity contribution is 0.445. The summed E-state index contributed by atoms with van der Waals surface area (Å²) in [5, 5.41) is 6.24. The zero-order valence-corrected chi connectivity index (χ0v) is 14.1. The molecule has 2 N–H and O–H groups in total. The van der Waals surface area contributed by atoms with Crippen LogP contribution >= 0.6 is 24.0 Å². The highest BCUT2D eigenvalue weighted by Crippen LogP contribution is 2.11. The monoisotopic (exact) mass is 390 g/mol. The first-order chi connectivity index (χ1) is 8.10. The van der Waals surface area contributed by atoms with Crippen molar-refractivity contribution in [1.82, 2.24) is 14.9 Å². The van der Waals surface area contributed by atoms with Gasteiger partial charge in [-0.05, 0) is 12.8 Å². The van der Waals surface area contributed by atoms with E-state index in [1.165, 1.54) is 4.31 Å². The third-order valence-electron chi connectivity index (χ3n) is 2.62. The van der Waals surface area contributed by atoms with E-state index in [-0.39, 0.29) is 29.7 Å². The average Bonchev–Trinajstić information content (AvgIpc) is 2.63. The predicted octanol–water partition coefficient (Wildman–Crippen LogP) is 0.215. The molecule has 0 unspecified atom stereocenters. The molecule has 0 aromatic heterocycles. The van der Waals surface area contributed by atoms with E-state index in [0.29, 0.717) is 19.6 Å². The van der Waals surface area contributed by atoms with Gasteiger partial charge >= 0.3 is 0 Å². The van der Waals surface area contributed by atoms with Crippen LogP contribution in [0.25, 0.3) is 0 Å². The van der Waals surface area contributed by atoms with Gasteiger partial charge in [-0.15, -0.1) is 24.0 Å². The summed E-state index contributed by atoms with van der Waals surface area (Å²) in [6.07, 6.45) is 1.77. The molecule has 0 aromatic carbocycles. The van der Waals surface area contributed by atoms with Crippen LogP contribution < -0.4 is 10.6 Å². The lowest BCUT2D eigenvalue weighted by Gasteiger charge is -2.16. The number of aliphatic imine (C=N–C) groups is 1. The normalized spacial score (nSPS) is 19.3. The molecule has 0 spiro atoms. The summed E-state index contributed by atoms with van der Waals surface area (Å²) < 4.78 is 24.6. The number of halogens is 1. The highest BCUT2D eigenvalue weighted by atomic mass is 127. The molecule has 1 saturated heterocycles. The van der Waals surface area contributed by atoms with Gasteiger partial charge in [-0.2, -0.15) is 0 Å². The molecule has 1 heterocycles. The Labute approximate surface area is 127 Å². The van der Waals surface area contributed by atoms with E-state index >= 15 is 0 Å². The van der Waals surface area contributed by atoms with E-state index in [9.17, 15) is 8.42 Å². The van der Waals surface area contributed by atoms with E-state index in [1.54, 1.807) is 7.05 Å². The van der Waals surface area contributed by atoms with Crippen LogP contribution in [0.4, 0.5) is 0 Å². The quantitative estimate of drug-likeness (QED) is 0.400. The topological polar surface area (TPSA) is 73.8 Å². The molecule has 0 saturated carbocycles. The minimum absolute atomic E-state index is 0. The van der Waals surface area contributed by atoms with Crippen molar-refractivity contribution in [3.63, 3.8) is 0 Å². The maximum atomic E-state index is 11.5. The van der Waals surface area contributed by atoms with E-state index in [4.69, 9.17) is 0 Å². The molecule has 0 amide bonds. The lowest BCUT2D eigenvalue weighted by Crippen LogP contribution is -2.42. The van der Waals surface area contributed by atoms with E-state index in [1.807, 2.05) is 0 Å². The van der Waals surface area contributed by atoms with Crippen LogP contribution in [0, 0.1) is 0 Å². The first-order valence-corrected chi connectivity index (χ1v) is 7.63. The molecule has 0 bridgehead atoms. The molecule has 1 fully saturated rings. The fraction of sp³-hybridized carbons (Fsp3) is 0.900. The second-order valence-corrected chi connectivity index (χ2v) is 6.08. The van der Waals surface area contributed by atoms with Crippen LogP contribution in [0.1, 0.15) is 19.8 Å². The third kappa shape index (κ3) is 5.70. The standard InChI is InChI=1S/C10H22N4O2S.HI/c1-3-5-12-10(11-2)13-6-8-14-7-4-9-17(14,15)16;/h3-9H2,1-2H3,(H2,11,12,13);1H. The molecule has 18 heavy (non-hydrogen) atoms. The molecule has 0 aliphatic carbocycles. The van der Waals surface area contributed by atoms with E-state index in [2.05, 4.69) is 22.5 Å². The maximum Gasteiger partial charge on any atom is 0.214 e. The Morgan fingerprint density at radius 3 is 2.50 bits per heavy atom. The molecule has 1 aliphatic heterocycles. The second kappa shape index (κ2) is 8.92. The van der Waals surface area contributed by atoms with Gasteiger partial charge in [-0.25, -0.2) is 12.7 Å². The minimum atomic E-state index is -2.98. The molecule has 0 radical (unpaired) electrons. The van der Waals surface area contributed by atoms with Gasteiger partial charge < -0.3 is 10.6 Å². The van der Waals surface area contributed by atoms with Crippen molar-refractivity contribution in [1.29, 1.82) is 0 Å². The smallest absolute Gasteiger partial charge is 0.214 e. The molecule has 8 heteroatoms. The number of rotatable bonds is 5. The Morgan fingerprint density at radius 2 is 2.00 bits per heavy atom. The number of sulfonamides is 1. The summed E-state index contributed by atoms with van der Waals surface area (Å²) in [6, 6.07) is 0. The van der Waals surface area contributed by atoms with E-state index in [0.717, 1.165) is 25.3 Å².